The quantitative estimate of drug-likeness (QED) is 0.0204. The Morgan fingerprint density at radius 2 is 1.24 bits per heavy atom. The molecule has 0 bridgehead atoms. The molecule has 2 saturated heterocycles. The van der Waals surface area contributed by atoms with Crippen LogP contribution >= 0.6 is 0 Å². The van der Waals surface area contributed by atoms with Crippen molar-refractivity contribution in [2.24, 2.45) is 10.7 Å². The van der Waals surface area contributed by atoms with Gasteiger partial charge in [0.15, 0.2) is 5.96 Å². The number of guanidine groups is 1. The molecule has 76 heavy (non-hydrogen) atoms. The van der Waals surface area contributed by atoms with Crippen molar-refractivity contribution in [3.63, 3.8) is 0 Å². The van der Waals surface area contributed by atoms with Crippen molar-refractivity contribution in [2.75, 3.05) is 126 Å². The van der Waals surface area contributed by atoms with Crippen LogP contribution in [0.5, 0.6) is 0 Å². The monoisotopic (exact) mass is 1070 g/mol. The number of carbonyl (C=O) groups excluding carboxylic acids is 5. The van der Waals surface area contributed by atoms with Crippen LogP contribution in [0.15, 0.2) is 41.4 Å². The molecule has 420 valence electrons. The number of β-amino-alcohol motifs (C(OH)–C–C–N with tert-alkyl or cyclic N) is 1. The van der Waals surface area contributed by atoms with E-state index in [2.05, 4.69) is 20.9 Å². The number of unbranched alkanes of at least 4 members (excludes halogenated alkanes) is 2. The average molecular weight is 1070 g/mol. The molecule has 0 aliphatic carbocycles. The van der Waals surface area contributed by atoms with E-state index >= 15 is 0 Å². The zero-order chi connectivity index (χ0) is 56.1. The summed E-state index contributed by atoms with van der Waals surface area (Å²) in [4.78, 5) is 118. The normalized spacial score (nSPS) is 18.4. The fourth-order valence-electron chi connectivity index (χ4n) is 9.07. The molecule has 2 aromatic rings. The lowest BCUT2D eigenvalue weighted by Crippen LogP contribution is -2.52. The van der Waals surface area contributed by atoms with E-state index < -0.39 is 72.8 Å². The minimum absolute atomic E-state index is 0.0136. The van der Waals surface area contributed by atoms with Crippen molar-refractivity contribution >= 4 is 71.3 Å². The van der Waals surface area contributed by atoms with Gasteiger partial charge in [-0.3, -0.25) is 62.9 Å². The Hall–Kier alpha value is -6.49. The Balaban J connectivity index is 1.34. The molecule has 26 nitrogen and oxygen atoms in total. The summed E-state index contributed by atoms with van der Waals surface area (Å²) >= 11 is 0. The lowest BCUT2D eigenvalue weighted by atomic mass is 9.77. The van der Waals surface area contributed by atoms with Gasteiger partial charge in [-0.1, -0.05) is 24.3 Å². The second-order valence-electron chi connectivity index (χ2n) is 19.5. The number of nitrogens with one attached hydrogen (secondary N) is 3. The Kier molecular flexibility index (Phi) is 25.2. The average Bonchev–Trinajstić information content (AvgIpc) is 3.76. The van der Waals surface area contributed by atoms with E-state index in [-0.39, 0.29) is 122 Å². The van der Waals surface area contributed by atoms with Crippen molar-refractivity contribution in [3.05, 3.63) is 47.5 Å². The van der Waals surface area contributed by atoms with Gasteiger partial charge in [-0.2, -0.15) is 0 Å². The molecule has 2 fully saturated rings. The standard InChI is InChI=1S/C49H77BN12O14/c1-33(47(73)62-28-34(63)27-40(62)50(75)76)54-45(71)37-14-15-38(36-12-7-6-11-35(36)37)48(74)57(4)18-9-5-8-16-52-46(72)39(13-10-17-53-49(51)56(2)3)55-41(64)29-58-19-21-59(30-42(65)66)23-25-61(32-44(69)70)26-24-60(22-20-58)31-43(67)68/h6-7,11-12,14-15,33-34,39-40,63,75-76H,5,8-10,13,16-32H2,1-4H3,(H2,51,53)(H,52,72)(H,54,71)(H,55,64)(H,65,66)(H,67,68)(H,69,70)/t33-,34+,39+,40+/m1/s1. The number of aliphatic hydroxyl groups is 1. The number of carboxylic acid groups (broad SMARTS) is 3. The second-order valence-corrected chi connectivity index (χ2v) is 19.5. The summed E-state index contributed by atoms with van der Waals surface area (Å²) in [6.45, 7) is 2.91. The summed E-state index contributed by atoms with van der Waals surface area (Å²) in [7, 11) is 3.29. The van der Waals surface area contributed by atoms with Crippen LogP contribution in [0.1, 0.15) is 66.2 Å². The lowest BCUT2D eigenvalue weighted by Gasteiger charge is -2.33. The van der Waals surface area contributed by atoms with Gasteiger partial charge in [0.1, 0.15) is 12.1 Å². The molecular weight excluding hydrogens is 991 g/mol. The molecule has 0 radical (unpaired) electrons. The zero-order valence-corrected chi connectivity index (χ0v) is 44.0. The molecule has 0 unspecified atom stereocenters. The number of aliphatic imine (C=N–C) groups is 1. The topological polar surface area (TPSA) is 355 Å². The summed E-state index contributed by atoms with van der Waals surface area (Å²) in [6, 6.07) is 7.93. The maximum atomic E-state index is 13.8. The van der Waals surface area contributed by atoms with E-state index in [9.17, 15) is 68.8 Å². The minimum Gasteiger partial charge on any atom is -0.480 e. The van der Waals surface area contributed by atoms with Crippen molar-refractivity contribution in [1.82, 2.24) is 50.2 Å². The van der Waals surface area contributed by atoms with Gasteiger partial charge in [0.05, 0.1) is 38.2 Å². The first-order chi connectivity index (χ1) is 36.0. The third-order valence-electron chi connectivity index (χ3n) is 13.3. The van der Waals surface area contributed by atoms with E-state index in [4.69, 9.17) is 5.73 Å². The predicted octanol–water partition coefficient (Wildman–Crippen LogP) is -3.09. The number of nitrogens with two attached hydrogens (primary N) is 1. The van der Waals surface area contributed by atoms with Crippen LogP contribution in [0.2, 0.25) is 0 Å². The van der Waals surface area contributed by atoms with Crippen molar-refractivity contribution < 1.29 is 68.8 Å². The highest BCUT2D eigenvalue weighted by Gasteiger charge is 2.42. The van der Waals surface area contributed by atoms with Crippen molar-refractivity contribution in [1.29, 1.82) is 0 Å². The first-order valence-electron chi connectivity index (χ1n) is 25.6. The maximum absolute atomic E-state index is 13.8. The van der Waals surface area contributed by atoms with Gasteiger partial charge in [0, 0.05) is 111 Å². The predicted molar refractivity (Wildman–Crippen MR) is 281 cm³/mol. The number of carboxylic acids is 3. The van der Waals surface area contributed by atoms with Gasteiger partial charge in [-0.05, 0) is 68.4 Å². The molecule has 2 heterocycles. The van der Waals surface area contributed by atoms with Crippen LogP contribution in [0.3, 0.4) is 0 Å². The second kappa shape index (κ2) is 30.9. The lowest BCUT2D eigenvalue weighted by molar-refractivity contribution is -0.140. The molecule has 0 spiro atoms. The maximum Gasteiger partial charge on any atom is 0.475 e. The number of fused-ring (bicyclic) bond motifs is 1. The molecule has 2 aromatic carbocycles. The Bertz CT molecular complexity index is 2310. The van der Waals surface area contributed by atoms with Gasteiger partial charge in [-0.25, -0.2) is 0 Å². The largest absolute Gasteiger partial charge is 0.480 e. The number of nitrogens with zero attached hydrogens (tertiary/aromatic N) is 8. The van der Waals surface area contributed by atoms with Crippen molar-refractivity contribution in [2.45, 2.75) is 69.6 Å². The van der Waals surface area contributed by atoms with Gasteiger partial charge in [-0.15, -0.1) is 0 Å². The van der Waals surface area contributed by atoms with Crippen LogP contribution in [-0.4, -0.2) is 275 Å². The fourth-order valence-corrected chi connectivity index (χ4v) is 9.07. The first-order valence-corrected chi connectivity index (χ1v) is 25.6. The van der Waals surface area contributed by atoms with Crippen LogP contribution in [-0.2, 0) is 28.8 Å². The smallest absolute Gasteiger partial charge is 0.475 e. The van der Waals surface area contributed by atoms with E-state index in [1.807, 2.05) is 0 Å². The summed E-state index contributed by atoms with van der Waals surface area (Å²) in [5.74, 6) is -6.30. The first kappa shape index (κ1) is 62.1. The van der Waals surface area contributed by atoms with E-state index in [0.717, 1.165) is 4.90 Å². The highest BCUT2D eigenvalue weighted by atomic mass is 16.4. The van der Waals surface area contributed by atoms with Crippen molar-refractivity contribution in [3.8, 4) is 0 Å². The number of hydrogen-bond acceptors (Lipinski definition) is 16. The van der Waals surface area contributed by atoms with Gasteiger partial charge in [0.25, 0.3) is 11.8 Å². The highest BCUT2D eigenvalue weighted by Crippen LogP contribution is 2.25. The number of aliphatic hydroxyl groups excluding tert-OH is 1. The van der Waals surface area contributed by atoms with Crippen LogP contribution < -0.4 is 21.7 Å². The highest BCUT2D eigenvalue weighted by molar-refractivity contribution is 6.43. The number of hydrogen-bond donors (Lipinski definition) is 10. The third kappa shape index (κ3) is 20.2. The Morgan fingerprint density at radius 3 is 1.75 bits per heavy atom. The molecule has 5 amide bonds. The summed E-state index contributed by atoms with van der Waals surface area (Å²) in [5, 5.41) is 67.6. The molecule has 0 saturated carbocycles. The van der Waals surface area contributed by atoms with Crippen LogP contribution in [0.4, 0.5) is 0 Å². The molecule has 0 aromatic heterocycles. The van der Waals surface area contributed by atoms with Gasteiger partial charge < -0.3 is 66.9 Å². The molecular formula is C49H77BN12O14. The number of benzene rings is 2. The number of carbonyl (C=O) groups is 8. The third-order valence-corrected chi connectivity index (χ3v) is 13.3. The Morgan fingerprint density at radius 1 is 0.724 bits per heavy atom. The minimum atomic E-state index is -1.86. The van der Waals surface area contributed by atoms with Gasteiger partial charge >= 0.3 is 25.0 Å². The summed E-state index contributed by atoms with van der Waals surface area (Å²) < 4.78 is 0. The van der Waals surface area contributed by atoms with Crippen LogP contribution in [0, 0.1) is 0 Å². The van der Waals surface area contributed by atoms with Crippen LogP contribution in [0.25, 0.3) is 10.8 Å². The number of amides is 5. The molecule has 2 aliphatic rings. The zero-order valence-electron chi connectivity index (χ0n) is 44.0. The SMILES string of the molecule is C[C@@H](NC(=O)c1ccc(C(=O)N(C)CCCCCNC(=O)[C@H](CCCN=C(N)N(C)C)NC(=O)CN2CCN(CC(=O)O)CCN(CC(=O)O)CCN(CC(=O)O)CC2)c2ccccc12)C(=O)N1C[C@@H](O)C[C@H]1B(O)O. The molecule has 11 N–H and O–H groups in total. The number of likely N-dealkylation sites (tertiary alicyclic amines) is 1. The molecule has 27 heteroatoms. The molecule has 4 rings (SSSR count). The fraction of sp³-hybridized carbons (Fsp3) is 0.612. The number of rotatable bonds is 25. The van der Waals surface area contributed by atoms with Gasteiger partial charge in [0.2, 0.25) is 17.7 Å². The van der Waals surface area contributed by atoms with E-state index in [0.29, 0.717) is 54.5 Å². The number of aliphatic carboxylic acids is 3. The molecule has 4 atom stereocenters. The summed E-state index contributed by atoms with van der Waals surface area (Å²) in [6.07, 6.45) is 1.44. The Labute approximate surface area is 442 Å². The van der Waals surface area contributed by atoms with E-state index in [1.54, 1.807) is 80.9 Å². The summed E-state index contributed by atoms with van der Waals surface area (Å²) in [5.41, 5.74) is 6.53. The molecule has 2 aliphatic heterocycles. The van der Waals surface area contributed by atoms with E-state index in [1.165, 1.54) is 13.0 Å².